The molecule has 4 aliphatic rings. The number of hydrazone groups is 1. The molecule has 2 bridgehead atoms. The molecule has 1 amide bonds. The highest BCUT2D eigenvalue weighted by atomic mass is 19.1. The van der Waals surface area contributed by atoms with E-state index in [1.807, 2.05) is 12.3 Å². The van der Waals surface area contributed by atoms with Gasteiger partial charge in [0.25, 0.3) is 0 Å². The number of aromatic nitrogens is 1. The van der Waals surface area contributed by atoms with Crippen molar-refractivity contribution in [3.8, 4) is 0 Å². The molecule has 0 saturated heterocycles. The maximum Gasteiger partial charge on any atom is 0.246 e. The van der Waals surface area contributed by atoms with Crippen molar-refractivity contribution in [3.05, 3.63) is 71.7 Å². The number of benzene rings is 2. The Bertz CT molecular complexity index is 1240. The fourth-order valence-electron chi connectivity index (χ4n) is 6.13. The van der Waals surface area contributed by atoms with Crippen LogP contribution in [-0.2, 0) is 11.3 Å². The summed E-state index contributed by atoms with van der Waals surface area (Å²) in [5.74, 6) is -1.44. The van der Waals surface area contributed by atoms with Crippen LogP contribution in [-0.4, -0.2) is 21.7 Å². The maximum absolute atomic E-state index is 13.7. The lowest BCUT2D eigenvalue weighted by Crippen LogP contribution is -2.35. The normalized spacial score (nSPS) is 28.5. The molecule has 7 rings (SSSR count). The van der Waals surface area contributed by atoms with Crippen molar-refractivity contribution in [1.29, 1.82) is 0 Å². The van der Waals surface area contributed by atoms with Gasteiger partial charge in [-0.2, -0.15) is 5.10 Å². The smallest absolute Gasteiger partial charge is 0.246 e. The van der Waals surface area contributed by atoms with Gasteiger partial charge in [-0.15, -0.1) is 0 Å². The molecule has 3 saturated carbocycles. The van der Waals surface area contributed by atoms with Crippen LogP contribution in [0.5, 0.6) is 0 Å². The quantitative estimate of drug-likeness (QED) is 0.536. The molecule has 2 atom stereocenters. The summed E-state index contributed by atoms with van der Waals surface area (Å²) in [6.45, 7) is 0.796. The van der Waals surface area contributed by atoms with Crippen LogP contribution < -0.4 is 0 Å². The molecule has 164 valence electrons. The van der Waals surface area contributed by atoms with Crippen LogP contribution in [0.2, 0.25) is 0 Å². The van der Waals surface area contributed by atoms with E-state index in [1.54, 1.807) is 12.3 Å². The SMILES string of the molecule is O=C(C1CC2(Cn3ccc4cc(F)ccc43)CC1C2)N1N=CCC1c1cc(F)cc(F)c1. The molecule has 3 aromatic rings. The first-order valence-electron chi connectivity index (χ1n) is 11.0. The van der Waals surface area contributed by atoms with Crippen LogP contribution in [0.15, 0.2) is 53.8 Å². The highest BCUT2D eigenvalue weighted by molar-refractivity contribution is 5.83. The van der Waals surface area contributed by atoms with Gasteiger partial charge in [0.15, 0.2) is 0 Å². The third-order valence-electron chi connectivity index (χ3n) is 7.49. The number of amides is 1. The van der Waals surface area contributed by atoms with Crippen molar-refractivity contribution in [2.45, 2.75) is 38.3 Å². The predicted octanol–water partition coefficient (Wildman–Crippen LogP) is 5.43. The maximum atomic E-state index is 13.7. The summed E-state index contributed by atoms with van der Waals surface area (Å²) in [7, 11) is 0. The van der Waals surface area contributed by atoms with E-state index in [1.165, 1.54) is 29.3 Å². The van der Waals surface area contributed by atoms with Gasteiger partial charge in [0.2, 0.25) is 5.91 Å². The predicted molar refractivity (Wildman–Crippen MR) is 114 cm³/mol. The lowest BCUT2D eigenvalue weighted by molar-refractivity contribution is -0.138. The van der Waals surface area contributed by atoms with Crippen molar-refractivity contribution in [3.63, 3.8) is 0 Å². The van der Waals surface area contributed by atoms with Gasteiger partial charge < -0.3 is 4.57 Å². The zero-order valence-electron chi connectivity index (χ0n) is 17.3. The molecule has 4 nitrogen and oxygen atoms in total. The summed E-state index contributed by atoms with van der Waals surface area (Å²) >= 11 is 0. The van der Waals surface area contributed by atoms with E-state index in [2.05, 4.69) is 9.67 Å². The van der Waals surface area contributed by atoms with E-state index in [4.69, 9.17) is 0 Å². The first-order chi connectivity index (χ1) is 15.4. The molecular formula is C25H22F3N3O. The van der Waals surface area contributed by atoms with E-state index in [9.17, 15) is 18.0 Å². The number of rotatable bonds is 4. The highest BCUT2D eigenvalue weighted by Crippen LogP contribution is 2.63. The molecule has 32 heavy (non-hydrogen) atoms. The Morgan fingerprint density at radius 2 is 1.78 bits per heavy atom. The summed E-state index contributed by atoms with van der Waals surface area (Å²) in [5, 5.41) is 6.58. The Balaban J connectivity index is 1.20. The molecule has 0 spiro atoms. The summed E-state index contributed by atoms with van der Waals surface area (Å²) < 4.78 is 43.1. The van der Waals surface area contributed by atoms with Crippen LogP contribution in [0, 0.1) is 34.7 Å². The van der Waals surface area contributed by atoms with Crippen LogP contribution in [0.1, 0.15) is 37.3 Å². The van der Waals surface area contributed by atoms with E-state index >= 15 is 0 Å². The number of halogens is 3. The molecule has 3 fully saturated rings. The summed E-state index contributed by atoms with van der Waals surface area (Å²) in [5.41, 5.74) is 1.48. The Kier molecular flexibility index (Phi) is 4.26. The molecule has 2 unspecified atom stereocenters. The average Bonchev–Trinajstić information content (AvgIpc) is 3.48. The Morgan fingerprint density at radius 3 is 2.56 bits per heavy atom. The molecule has 2 heterocycles. The zero-order chi connectivity index (χ0) is 22.0. The second-order valence-corrected chi connectivity index (χ2v) is 9.56. The molecule has 0 N–H and O–H groups in total. The van der Waals surface area contributed by atoms with Crippen LogP contribution >= 0.6 is 0 Å². The third kappa shape index (κ3) is 3.05. The van der Waals surface area contributed by atoms with Gasteiger partial charge in [-0.3, -0.25) is 4.79 Å². The number of fused-ring (bicyclic) bond motifs is 2. The standard InChI is InChI=1S/C25H22F3N3O/c26-18-1-2-22-15(7-18)4-6-30(22)14-25-11-17(12-25)21(13-25)24(32)31-23(3-5-29-31)16-8-19(27)10-20(28)9-16/h1-2,4-10,17,21,23H,3,11-14H2. The van der Waals surface area contributed by atoms with Gasteiger partial charge >= 0.3 is 0 Å². The zero-order valence-corrected chi connectivity index (χ0v) is 17.3. The van der Waals surface area contributed by atoms with Crippen LogP contribution in [0.4, 0.5) is 13.2 Å². The minimum Gasteiger partial charge on any atom is -0.347 e. The Labute approximate surface area is 183 Å². The number of hydrogen-bond donors (Lipinski definition) is 0. The fourth-order valence-corrected chi connectivity index (χ4v) is 6.13. The lowest BCUT2D eigenvalue weighted by atomic mass is 9.69. The minimum absolute atomic E-state index is 0.0508. The number of carbonyl (C=O) groups is 1. The highest BCUT2D eigenvalue weighted by Gasteiger charge is 2.59. The van der Waals surface area contributed by atoms with Gasteiger partial charge in [-0.25, -0.2) is 18.2 Å². The van der Waals surface area contributed by atoms with Gasteiger partial charge in [0.1, 0.15) is 17.5 Å². The van der Waals surface area contributed by atoms with Gasteiger partial charge in [0.05, 0.1) is 6.04 Å². The van der Waals surface area contributed by atoms with Crippen molar-refractivity contribution in [1.82, 2.24) is 9.58 Å². The van der Waals surface area contributed by atoms with E-state index < -0.39 is 17.7 Å². The van der Waals surface area contributed by atoms with E-state index in [0.717, 1.165) is 42.8 Å². The van der Waals surface area contributed by atoms with Gasteiger partial charge in [-0.1, -0.05) is 0 Å². The molecule has 7 heteroatoms. The first kappa shape index (κ1) is 19.6. The first-order valence-corrected chi connectivity index (χ1v) is 11.0. The van der Waals surface area contributed by atoms with Gasteiger partial charge in [-0.05, 0) is 72.6 Å². The fraction of sp³-hybridized carbons (Fsp3) is 0.360. The van der Waals surface area contributed by atoms with E-state index in [0.29, 0.717) is 17.9 Å². The van der Waals surface area contributed by atoms with Crippen molar-refractivity contribution in [2.75, 3.05) is 0 Å². The Morgan fingerprint density at radius 1 is 1.00 bits per heavy atom. The molecule has 0 radical (unpaired) electrons. The number of hydrogen-bond acceptors (Lipinski definition) is 2. The molecule has 1 aliphatic heterocycles. The molecule has 1 aromatic heterocycles. The number of nitrogens with zero attached hydrogens (tertiary/aromatic N) is 3. The lowest BCUT2D eigenvalue weighted by Gasteiger charge is -2.39. The summed E-state index contributed by atoms with van der Waals surface area (Å²) in [6.07, 6.45) is 6.80. The second-order valence-electron chi connectivity index (χ2n) is 9.56. The molecular weight excluding hydrogens is 415 g/mol. The second kappa shape index (κ2) is 6.95. The van der Waals surface area contributed by atoms with Gasteiger partial charge in [0, 0.05) is 48.3 Å². The number of carbonyl (C=O) groups excluding carboxylic acids is 1. The molecule has 3 aliphatic carbocycles. The summed E-state index contributed by atoms with van der Waals surface area (Å²) in [4.78, 5) is 13.4. The summed E-state index contributed by atoms with van der Waals surface area (Å²) in [6, 6.07) is 9.65. The van der Waals surface area contributed by atoms with Crippen LogP contribution in [0.3, 0.4) is 0 Å². The van der Waals surface area contributed by atoms with Crippen LogP contribution in [0.25, 0.3) is 10.9 Å². The van der Waals surface area contributed by atoms with Crippen molar-refractivity contribution in [2.24, 2.45) is 22.4 Å². The topological polar surface area (TPSA) is 37.6 Å². The monoisotopic (exact) mass is 437 g/mol. The third-order valence-corrected chi connectivity index (χ3v) is 7.49. The minimum atomic E-state index is -0.653. The van der Waals surface area contributed by atoms with E-state index in [-0.39, 0.29) is 23.1 Å². The Hall–Kier alpha value is -3.09. The average molecular weight is 437 g/mol. The van der Waals surface area contributed by atoms with Crippen molar-refractivity contribution >= 4 is 23.0 Å². The molecule has 2 aromatic carbocycles. The van der Waals surface area contributed by atoms with Crippen molar-refractivity contribution < 1.29 is 18.0 Å². The largest absolute Gasteiger partial charge is 0.347 e.